The van der Waals surface area contributed by atoms with Crippen LogP contribution < -0.4 is 10.5 Å². The number of primary amides is 1. The van der Waals surface area contributed by atoms with Crippen LogP contribution in [0.1, 0.15) is 59.5 Å². The third-order valence-electron chi connectivity index (χ3n) is 7.02. The van der Waals surface area contributed by atoms with Crippen LogP contribution >= 0.6 is 0 Å². The van der Waals surface area contributed by atoms with Gasteiger partial charge >= 0.3 is 5.97 Å². The fourth-order valence-electron chi connectivity index (χ4n) is 5.45. The summed E-state index contributed by atoms with van der Waals surface area (Å²) in [5.74, 6) is 0.318. The zero-order chi connectivity index (χ0) is 23.1. The lowest BCUT2D eigenvalue weighted by Crippen LogP contribution is -2.12. The molecular formula is C27H28N2O4. The van der Waals surface area contributed by atoms with E-state index in [0.29, 0.717) is 23.6 Å². The standard InChI is InChI=1S/C27H28N2O4/c1-32-20-9-11-21-18(13-20)12-19(27(31)33-2)15-29-23-14-17(26(28)30)8-10-22(23)24(25(21)29)16-6-4-3-5-7-16/h8-14,16H,3-7,15H2,1-2H3,(H2,28,30). The van der Waals surface area contributed by atoms with Gasteiger partial charge in [-0.1, -0.05) is 25.3 Å². The van der Waals surface area contributed by atoms with Crippen LogP contribution in [0.5, 0.6) is 5.75 Å². The number of esters is 1. The number of benzene rings is 2. The lowest BCUT2D eigenvalue weighted by atomic mass is 9.81. The molecule has 2 N–H and O–H groups in total. The molecule has 0 unspecified atom stereocenters. The normalized spacial score (nSPS) is 15.9. The number of aromatic nitrogens is 1. The molecule has 1 amide bonds. The maximum absolute atomic E-state index is 12.7. The first-order chi connectivity index (χ1) is 16.0. The predicted molar refractivity (Wildman–Crippen MR) is 128 cm³/mol. The molecule has 0 saturated heterocycles. The Balaban J connectivity index is 1.86. The molecule has 0 spiro atoms. The van der Waals surface area contributed by atoms with Crippen molar-refractivity contribution >= 4 is 28.9 Å². The van der Waals surface area contributed by atoms with E-state index in [1.54, 1.807) is 7.11 Å². The Hall–Kier alpha value is -3.54. The third-order valence-corrected chi connectivity index (χ3v) is 7.02. The Kier molecular flexibility index (Phi) is 5.44. The Morgan fingerprint density at radius 3 is 2.52 bits per heavy atom. The van der Waals surface area contributed by atoms with Crippen molar-refractivity contribution in [2.45, 2.75) is 44.6 Å². The number of fused-ring (bicyclic) bond motifs is 5. The Morgan fingerprint density at radius 1 is 1.03 bits per heavy atom. The number of hydrogen-bond donors (Lipinski definition) is 1. The largest absolute Gasteiger partial charge is 0.497 e. The smallest absolute Gasteiger partial charge is 0.335 e. The van der Waals surface area contributed by atoms with Gasteiger partial charge in [-0.15, -0.1) is 0 Å². The number of ether oxygens (including phenoxy) is 2. The summed E-state index contributed by atoms with van der Waals surface area (Å²) in [6.07, 6.45) is 7.83. The molecule has 6 nitrogen and oxygen atoms in total. The zero-order valence-electron chi connectivity index (χ0n) is 19.0. The fourth-order valence-corrected chi connectivity index (χ4v) is 5.45. The molecule has 1 aliphatic heterocycles. The monoisotopic (exact) mass is 444 g/mol. The number of rotatable bonds is 4. The molecule has 2 aromatic carbocycles. The second-order valence-electron chi connectivity index (χ2n) is 8.89. The zero-order valence-corrected chi connectivity index (χ0v) is 19.0. The van der Waals surface area contributed by atoms with E-state index in [1.165, 1.54) is 31.9 Å². The number of nitrogens with zero attached hydrogens (tertiary/aromatic N) is 1. The summed E-state index contributed by atoms with van der Waals surface area (Å²) in [5, 5.41) is 1.12. The van der Waals surface area contributed by atoms with Crippen LogP contribution in [0.3, 0.4) is 0 Å². The molecule has 0 atom stereocenters. The summed E-state index contributed by atoms with van der Waals surface area (Å²) in [4.78, 5) is 24.7. The molecule has 5 rings (SSSR count). The van der Waals surface area contributed by atoms with Crippen LogP contribution in [0.4, 0.5) is 0 Å². The van der Waals surface area contributed by atoms with Crippen molar-refractivity contribution in [2.75, 3.05) is 14.2 Å². The highest BCUT2D eigenvalue weighted by molar-refractivity contribution is 6.03. The van der Waals surface area contributed by atoms with E-state index in [0.717, 1.165) is 46.3 Å². The molecule has 1 aromatic heterocycles. The molecule has 33 heavy (non-hydrogen) atoms. The molecular weight excluding hydrogens is 416 g/mol. The molecule has 3 aromatic rings. The molecule has 170 valence electrons. The Bertz CT molecular complexity index is 1300. The number of methoxy groups -OCH3 is 2. The maximum atomic E-state index is 12.7. The summed E-state index contributed by atoms with van der Waals surface area (Å²) in [7, 11) is 3.03. The molecule has 2 heterocycles. The van der Waals surface area contributed by atoms with Gasteiger partial charge in [0, 0.05) is 22.0 Å². The van der Waals surface area contributed by atoms with Gasteiger partial charge in [-0.25, -0.2) is 4.79 Å². The lowest BCUT2D eigenvalue weighted by Gasteiger charge is -2.24. The minimum Gasteiger partial charge on any atom is -0.497 e. The highest BCUT2D eigenvalue weighted by Crippen LogP contribution is 2.47. The first kappa shape index (κ1) is 21.3. The Labute approximate surface area is 193 Å². The van der Waals surface area contributed by atoms with Crippen LogP contribution in [0.25, 0.3) is 28.2 Å². The van der Waals surface area contributed by atoms with Crippen molar-refractivity contribution in [1.29, 1.82) is 0 Å². The van der Waals surface area contributed by atoms with Crippen molar-refractivity contribution in [3.05, 3.63) is 58.7 Å². The fraction of sp³-hybridized carbons (Fsp3) is 0.333. The van der Waals surface area contributed by atoms with Crippen molar-refractivity contribution in [2.24, 2.45) is 5.73 Å². The second kappa shape index (κ2) is 8.43. The van der Waals surface area contributed by atoms with Gasteiger partial charge in [0.05, 0.1) is 32.0 Å². The van der Waals surface area contributed by atoms with E-state index in [-0.39, 0.29) is 5.97 Å². The number of amides is 1. The van der Waals surface area contributed by atoms with E-state index in [2.05, 4.69) is 10.6 Å². The summed E-state index contributed by atoms with van der Waals surface area (Å²) in [6.45, 7) is 0.352. The number of carbonyl (C=O) groups is 2. The Morgan fingerprint density at radius 2 is 1.82 bits per heavy atom. The van der Waals surface area contributed by atoms with Gasteiger partial charge < -0.3 is 19.8 Å². The van der Waals surface area contributed by atoms with E-state index in [9.17, 15) is 9.59 Å². The van der Waals surface area contributed by atoms with Crippen molar-refractivity contribution in [3.63, 3.8) is 0 Å². The summed E-state index contributed by atoms with van der Waals surface area (Å²) in [5.41, 5.74) is 11.9. The number of hydrogen-bond acceptors (Lipinski definition) is 4. The average molecular weight is 445 g/mol. The van der Waals surface area contributed by atoms with Gasteiger partial charge in [-0.3, -0.25) is 4.79 Å². The van der Waals surface area contributed by atoms with E-state index < -0.39 is 5.91 Å². The summed E-state index contributed by atoms with van der Waals surface area (Å²) in [6, 6.07) is 11.7. The average Bonchev–Trinajstić information content (AvgIpc) is 3.06. The number of carbonyl (C=O) groups excluding carboxylic acids is 2. The molecule has 0 radical (unpaired) electrons. The quantitative estimate of drug-likeness (QED) is 0.572. The van der Waals surface area contributed by atoms with Gasteiger partial charge in [0.15, 0.2) is 0 Å². The predicted octanol–water partition coefficient (Wildman–Crippen LogP) is 5.03. The molecule has 1 aliphatic carbocycles. The van der Waals surface area contributed by atoms with Crippen LogP contribution in [0, 0.1) is 0 Å². The van der Waals surface area contributed by atoms with Crippen LogP contribution in [-0.4, -0.2) is 30.7 Å². The van der Waals surface area contributed by atoms with Crippen molar-refractivity contribution < 1.29 is 19.1 Å². The van der Waals surface area contributed by atoms with E-state index in [4.69, 9.17) is 15.2 Å². The second-order valence-corrected chi connectivity index (χ2v) is 8.89. The first-order valence-corrected chi connectivity index (χ1v) is 11.4. The number of nitrogens with two attached hydrogens (primary N) is 1. The summed E-state index contributed by atoms with van der Waals surface area (Å²) < 4.78 is 12.7. The van der Waals surface area contributed by atoms with Crippen LogP contribution in [-0.2, 0) is 16.1 Å². The van der Waals surface area contributed by atoms with Crippen LogP contribution in [0.2, 0.25) is 0 Å². The van der Waals surface area contributed by atoms with Gasteiger partial charge in [-0.05, 0) is 66.3 Å². The van der Waals surface area contributed by atoms with Gasteiger partial charge in [0.2, 0.25) is 5.91 Å². The van der Waals surface area contributed by atoms with Crippen molar-refractivity contribution in [1.82, 2.24) is 4.57 Å². The maximum Gasteiger partial charge on any atom is 0.335 e. The molecule has 1 saturated carbocycles. The van der Waals surface area contributed by atoms with Gasteiger partial charge in [0.1, 0.15) is 5.75 Å². The van der Waals surface area contributed by atoms with Crippen LogP contribution in [0.15, 0.2) is 42.0 Å². The van der Waals surface area contributed by atoms with Crippen molar-refractivity contribution in [3.8, 4) is 17.0 Å². The molecule has 0 bridgehead atoms. The summed E-state index contributed by atoms with van der Waals surface area (Å²) >= 11 is 0. The van der Waals surface area contributed by atoms with Gasteiger partial charge in [0.25, 0.3) is 0 Å². The molecule has 2 aliphatic rings. The highest BCUT2D eigenvalue weighted by atomic mass is 16.5. The molecule has 6 heteroatoms. The SMILES string of the molecule is COC(=O)C1=Cc2cc(OC)ccc2-c2c(C3CCCCC3)c3ccc(C(N)=O)cc3n2C1. The van der Waals surface area contributed by atoms with Gasteiger partial charge in [-0.2, -0.15) is 0 Å². The lowest BCUT2D eigenvalue weighted by molar-refractivity contribution is -0.136. The topological polar surface area (TPSA) is 83.6 Å². The highest BCUT2D eigenvalue weighted by Gasteiger charge is 2.30. The minimum absolute atomic E-state index is 0.352. The minimum atomic E-state index is -0.464. The first-order valence-electron chi connectivity index (χ1n) is 11.4. The third kappa shape index (κ3) is 3.59. The molecule has 1 fully saturated rings. The van der Waals surface area contributed by atoms with E-state index in [1.807, 2.05) is 36.4 Å². The van der Waals surface area contributed by atoms with E-state index >= 15 is 0 Å².